The van der Waals surface area contributed by atoms with E-state index in [1.54, 1.807) is 11.3 Å². The lowest BCUT2D eigenvalue weighted by Crippen LogP contribution is -2.03. The molecule has 0 fully saturated rings. The van der Waals surface area contributed by atoms with Crippen LogP contribution in [0.5, 0.6) is 0 Å². The van der Waals surface area contributed by atoms with Crippen LogP contribution in [-0.2, 0) is 0 Å². The van der Waals surface area contributed by atoms with Gasteiger partial charge in [0.2, 0.25) is 5.95 Å². The average Bonchev–Trinajstić information content (AvgIpc) is 3.97. The minimum atomic E-state index is 0.698. The summed E-state index contributed by atoms with van der Waals surface area (Å²) in [7, 11) is 0. The number of hydrogen-bond donors (Lipinski definition) is 0. The summed E-state index contributed by atoms with van der Waals surface area (Å²) in [5, 5.41) is 17.7. The Kier molecular flexibility index (Phi) is 4.94. The predicted molar refractivity (Wildman–Crippen MR) is 240 cm³/mol. The van der Waals surface area contributed by atoms with Gasteiger partial charge in [-0.15, -0.1) is 22.7 Å². The molecule has 0 saturated carbocycles. The molecular weight excluding hydrogens is 721 g/mol. The summed E-state index contributed by atoms with van der Waals surface area (Å²) in [6.45, 7) is 0. The van der Waals surface area contributed by atoms with Crippen LogP contribution in [0.2, 0.25) is 0 Å². The van der Waals surface area contributed by atoms with Crippen molar-refractivity contribution in [3.8, 4) is 17.2 Å². The predicted octanol–water partition coefficient (Wildman–Crippen LogP) is 14.3. The Bertz CT molecular complexity index is 4160. The smallest absolute Gasteiger partial charge is 0.236 e. The zero-order chi connectivity index (χ0) is 36.0. The van der Waals surface area contributed by atoms with Crippen molar-refractivity contribution in [2.45, 2.75) is 0 Å². The van der Waals surface area contributed by atoms with E-state index in [-0.39, 0.29) is 0 Å². The Morgan fingerprint density at radius 1 is 0.375 bits per heavy atom. The van der Waals surface area contributed by atoms with E-state index in [0.29, 0.717) is 5.95 Å². The quantitative estimate of drug-likeness (QED) is 0.165. The van der Waals surface area contributed by atoms with Crippen LogP contribution < -0.4 is 0 Å². The molecule has 0 N–H and O–H groups in total. The first kappa shape index (κ1) is 28.6. The van der Waals surface area contributed by atoms with Gasteiger partial charge in [0.1, 0.15) is 4.83 Å². The molecule has 0 spiro atoms. The molecule has 9 aromatic carbocycles. The minimum absolute atomic E-state index is 0.698. The van der Waals surface area contributed by atoms with Crippen molar-refractivity contribution in [2.75, 3.05) is 0 Å². The lowest BCUT2D eigenvalue weighted by atomic mass is 9.90. The summed E-state index contributed by atoms with van der Waals surface area (Å²) in [6, 6.07) is 53.9. The van der Waals surface area contributed by atoms with Crippen LogP contribution in [0, 0.1) is 0 Å². The third-order valence-corrected chi connectivity index (χ3v) is 14.8. The Morgan fingerprint density at radius 2 is 1.07 bits per heavy atom. The van der Waals surface area contributed by atoms with Crippen molar-refractivity contribution in [1.82, 2.24) is 18.9 Å². The van der Waals surface area contributed by atoms with E-state index in [0.717, 1.165) is 32.5 Å². The third-order valence-electron chi connectivity index (χ3n) is 12.6. The van der Waals surface area contributed by atoms with Gasteiger partial charge in [-0.3, -0.25) is 4.57 Å². The SMILES string of the molecule is c1cc2ccc3ccc(-c4nc(-n5c6ccc7sc8ccc9c%10ccccc%10n%10c%11cccc5c%11c6c7c8c9%10)nc5sc6ccccc6c45)c4ccc(c1)c2c34. The number of hydrogen-bond acceptors (Lipinski definition) is 4. The molecule has 0 saturated heterocycles. The molecule has 256 valence electrons. The van der Waals surface area contributed by atoms with Gasteiger partial charge >= 0.3 is 0 Å². The van der Waals surface area contributed by atoms with Crippen molar-refractivity contribution in [3.05, 3.63) is 146 Å². The molecule has 0 aliphatic rings. The molecule has 0 amide bonds. The zero-order valence-electron chi connectivity index (χ0n) is 29.5. The van der Waals surface area contributed by atoms with Crippen LogP contribution in [0.1, 0.15) is 0 Å². The van der Waals surface area contributed by atoms with Crippen molar-refractivity contribution in [2.24, 2.45) is 0 Å². The molecule has 0 unspecified atom stereocenters. The van der Waals surface area contributed by atoms with Crippen LogP contribution >= 0.6 is 22.7 Å². The molecular formula is C50H24N4S2. The fraction of sp³-hybridized carbons (Fsp3) is 0. The Balaban J connectivity index is 1.14. The number of aromatic nitrogens is 4. The Labute approximate surface area is 324 Å². The summed E-state index contributed by atoms with van der Waals surface area (Å²) in [5.74, 6) is 0.698. The molecule has 0 radical (unpaired) electrons. The van der Waals surface area contributed by atoms with E-state index in [4.69, 9.17) is 9.97 Å². The first-order valence-corrected chi connectivity index (χ1v) is 20.6. The second-order valence-electron chi connectivity index (χ2n) is 15.2. The highest BCUT2D eigenvalue weighted by atomic mass is 32.1. The maximum atomic E-state index is 5.73. The molecule has 15 rings (SSSR count). The summed E-state index contributed by atoms with van der Waals surface area (Å²) in [6.07, 6.45) is 0. The normalized spacial score (nSPS) is 13.0. The lowest BCUT2D eigenvalue weighted by Gasteiger charge is -2.15. The van der Waals surface area contributed by atoms with Crippen LogP contribution in [0.3, 0.4) is 0 Å². The first-order valence-electron chi connectivity index (χ1n) is 19.0. The van der Waals surface area contributed by atoms with E-state index in [1.807, 2.05) is 11.3 Å². The summed E-state index contributed by atoms with van der Waals surface area (Å²) in [4.78, 5) is 12.2. The van der Waals surface area contributed by atoms with E-state index in [1.165, 1.54) is 101 Å². The average molecular weight is 745 g/mol. The van der Waals surface area contributed by atoms with Crippen molar-refractivity contribution in [3.63, 3.8) is 0 Å². The van der Waals surface area contributed by atoms with E-state index < -0.39 is 0 Å². The van der Waals surface area contributed by atoms with Gasteiger partial charge in [0, 0.05) is 62.8 Å². The monoisotopic (exact) mass is 744 g/mol. The molecule has 6 aromatic heterocycles. The number of thiophene rings is 2. The van der Waals surface area contributed by atoms with Crippen molar-refractivity contribution < 1.29 is 0 Å². The summed E-state index contributed by atoms with van der Waals surface area (Å²) < 4.78 is 8.71. The zero-order valence-corrected chi connectivity index (χ0v) is 31.1. The lowest BCUT2D eigenvalue weighted by molar-refractivity contribution is 1.02. The van der Waals surface area contributed by atoms with E-state index >= 15 is 0 Å². The highest BCUT2D eigenvalue weighted by Gasteiger charge is 2.27. The summed E-state index contributed by atoms with van der Waals surface area (Å²) >= 11 is 3.65. The largest absolute Gasteiger partial charge is 0.308 e. The molecule has 56 heavy (non-hydrogen) atoms. The van der Waals surface area contributed by atoms with Crippen LogP contribution in [0.25, 0.3) is 139 Å². The molecule has 0 aliphatic heterocycles. The maximum Gasteiger partial charge on any atom is 0.236 e. The standard InChI is InChI=1S/C50H24N4S2/c1-3-11-33-28(9-1)31-21-23-39-46-45-38(55-39)24-22-36-44(45)43-34(53(33)48(31)46)12-6-13-35(43)54(36)50-51-47(42-32-10-2-4-14-37(32)56-49(42)52-50)30-20-18-27-16-15-25-7-5-8-26-17-19-29(30)41(27)40(25)26/h1-24H. The summed E-state index contributed by atoms with van der Waals surface area (Å²) in [5.41, 5.74) is 8.09. The van der Waals surface area contributed by atoms with Crippen LogP contribution in [0.4, 0.5) is 0 Å². The molecule has 6 heterocycles. The fourth-order valence-electron chi connectivity index (χ4n) is 10.4. The molecule has 0 aliphatic carbocycles. The highest BCUT2D eigenvalue weighted by Crippen LogP contribution is 2.51. The Morgan fingerprint density at radius 3 is 2.00 bits per heavy atom. The third kappa shape index (κ3) is 3.23. The first-order chi connectivity index (χ1) is 27.8. The minimum Gasteiger partial charge on any atom is -0.308 e. The topological polar surface area (TPSA) is 35.1 Å². The molecule has 6 heteroatoms. The van der Waals surface area contributed by atoms with Gasteiger partial charge in [-0.25, -0.2) is 9.97 Å². The fourth-order valence-corrected chi connectivity index (χ4v) is 12.6. The number of benzene rings is 9. The van der Waals surface area contributed by atoms with Gasteiger partial charge in [-0.1, -0.05) is 103 Å². The number of rotatable bonds is 2. The molecule has 0 bridgehead atoms. The maximum absolute atomic E-state index is 5.73. The van der Waals surface area contributed by atoms with Crippen molar-refractivity contribution in [1.29, 1.82) is 0 Å². The highest BCUT2D eigenvalue weighted by molar-refractivity contribution is 7.26. The molecule has 0 atom stereocenters. The van der Waals surface area contributed by atoms with Gasteiger partial charge in [-0.2, -0.15) is 0 Å². The van der Waals surface area contributed by atoms with Crippen LogP contribution in [-0.4, -0.2) is 18.9 Å². The second kappa shape index (κ2) is 9.68. The number of nitrogens with zero attached hydrogens (tertiary/aromatic N) is 4. The molecule has 15 aromatic rings. The van der Waals surface area contributed by atoms with Gasteiger partial charge in [0.15, 0.2) is 0 Å². The van der Waals surface area contributed by atoms with Crippen molar-refractivity contribution >= 4 is 145 Å². The Hall–Kier alpha value is -6.86. The van der Waals surface area contributed by atoms with Gasteiger partial charge in [0.05, 0.1) is 33.3 Å². The number of fused-ring (bicyclic) bond motifs is 7. The van der Waals surface area contributed by atoms with E-state index in [2.05, 4.69) is 155 Å². The van der Waals surface area contributed by atoms with Gasteiger partial charge < -0.3 is 4.40 Å². The van der Waals surface area contributed by atoms with E-state index in [9.17, 15) is 0 Å². The van der Waals surface area contributed by atoms with Gasteiger partial charge in [0.25, 0.3) is 0 Å². The van der Waals surface area contributed by atoms with Gasteiger partial charge in [-0.05, 0) is 74.8 Å². The molecule has 4 nitrogen and oxygen atoms in total. The second-order valence-corrected chi connectivity index (χ2v) is 17.4. The van der Waals surface area contributed by atoms with Crippen LogP contribution in [0.15, 0.2) is 146 Å². The number of para-hydroxylation sites is 1.